The summed E-state index contributed by atoms with van der Waals surface area (Å²) in [7, 11) is 2.12. The van der Waals surface area contributed by atoms with Crippen LogP contribution >= 0.6 is 0 Å². The number of hydrogen-bond acceptors (Lipinski definition) is 3. The Morgan fingerprint density at radius 3 is 2.93 bits per heavy atom. The molecule has 0 radical (unpaired) electrons. The SMILES string of the molecule is CCCN1CCCC(N(C)CCO)C1. The average Bonchev–Trinajstić information content (AvgIpc) is 2.19. The number of likely N-dealkylation sites (N-methyl/N-ethyl adjacent to an activating group) is 1. The number of aliphatic hydroxyl groups excluding tert-OH is 1. The molecule has 1 rings (SSSR count). The number of piperidine rings is 1. The lowest BCUT2D eigenvalue weighted by atomic mass is 10.0. The minimum Gasteiger partial charge on any atom is -0.395 e. The van der Waals surface area contributed by atoms with Crippen LogP contribution in [0.25, 0.3) is 0 Å². The summed E-state index contributed by atoms with van der Waals surface area (Å²) in [4.78, 5) is 4.84. The van der Waals surface area contributed by atoms with Gasteiger partial charge in [-0.05, 0) is 39.4 Å². The molecule has 84 valence electrons. The van der Waals surface area contributed by atoms with Crippen molar-refractivity contribution in [2.45, 2.75) is 32.2 Å². The lowest BCUT2D eigenvalue weighted by Crippen LogP contribution is -2.47. The van der Waals surface area contributed by atoms with Gasteiger partial charge in [0, 0.05) is 19.1 Å². The van der Waals surface area contributed by atoms with Crippen LogP contribution in [0.15, 0.2) is 0 Å². The van der Waals surface area contributed by atoms with E-state index in [1.807, 2.05) is 0 Å². The first kappa shape index (κ1) is 12.0. The molecule has 1 saturated heterocycles. The Morgan fingerprint density at radius 1 is 1.50 bits per heavy atom. The topological polar surface area (TPSA) is 26.7 Å². The molecule has 0 aromatic rings. The Kier molecular flexibility index (Phi) is 5.45. The zero-order chi connectivity index (χ0) is 10.4. The van der Waals surface area contributed by atoms with Crippen LogP contribution in [0.4, 0.5) is 0 Å². The van der Waals surface area contributed by atoms with E-state index in [0.29, 0.717) is 6.04 Å². The van der Waals surface area contributed by atoms with Crippen molar-refractivity contribution in [1.82, 2.24) is 9.80 Å². The van der Waals surface area contributed by atoms with Gasteiger partial charge in [0.25, 0.3) is 0 Å². The predicted molar refractivity (Wildman–Crippen MR) is 59.5 cm³/mol. The third-order valence-electron chi connectivity index (χ3n) is 3.10. The minimum atomic E-state index is 0.279. The molecule has 3 nitrogen and oxygen atoms in total. The normalized spacial score (nSPS) is 24.4. The second-order valence-electron chi connectivity index (χ2n) is 4.30. The number of rotatable bonds is 5. The molecule has 0 aliphatic carbocycles. The lowest BCUT2D eigenvalue weighted by molar-refractivity contribution is 0.101. The van der Waals surface area contributed by atoms with E-state index in [1.165, 1.54) is 38.9 Å². The summed E-state index contributed by atoms with van der Waals surface area (Å²) >= 11 is 0. The van der Waals surface area contributed by atoms with E-state index in [9.17, 15) is 0 Å². The summed E-state index contributed by atoms with van der Waals surface area (Å²) in [6.07, 6.45) is 3.84. The van der Waals surface area contributed by atoms with Crippen molar-refractivity contribution in [3.05, 3.63) is 0 Å². The first-order valence-electron chi connectivity index (χ1n) is 5.81. The fourth-order valence-electron chi connectivity index (χ4n) is 2.25. The fourth-order valence-corrected chi connectivity index (χ4v) is 2.25. The number of aliphatic hydroxyl groups is 1. The van der Waals surface area contributed by atoms with Gasteiger partial charge < -0.3 is 10.0 Å². The summed E-state index contributed by atoms with van der Waals surface area (Å²) in [5.74, 6) is 0. The van der Waals surface area contributed by atoms with Gasteiger partial charge in [-0.15, -0.1) is 0 Å². The maximum atomic E-state index is 8.88. The molecule has 0 saturated carbocycles. The van der Waals surface area contributed by atoms with Crippen LogP contribution in [0.3, 0.4) is 0 Å². The molecule has 0 spiro atoms. The van der Waals surface area contributed by atoms with Crippen molar-refractivity contribution in [2.75, 3.05) is 39.8 Å². The van der Waals surface area contributed by atoms with Crippen LogP contribution in [-0.4, -0.2) is 60.8 Å². The molecule has 1 heterocycles. The van der Waals surface area contributed by atoms with Crippen LogP contribution in [-0.2, 0) is 0 Å². The van der Waals surface area contributed by atoms with Gasteiger partial charge >= 0.3 is 0 Å². The molecular formula is C11H24N2O. The summed E-state index contributed by atoms with van der Waals surface area (Å²) in [6, 6.07) is 0.655. The highest BCUT2D eigenvalue weighted by Crippen LogP contribution is 2.14. The van der Waals surface area contributed by atoms with Crippen molar-refractivity contribution < 1.29 is 5.11 Å². The molecule has 0 bridgehead atoms. The quantitative estimate of drug-likeness (QED) is 0.710. The number of nitrogens with zero attached hydrogens (tertiary/aromatic N) is 2. The maximum Gasteiger partial charge on any atom is 0.0558 e. The van der Waals surface area contributed by atoms with E-state index in [4.69, 9.17) is 5.11 Å². The highest BCUT2D eigenvalue weighted by Gasteiger charge is 2.21. The third-order valence-corrected chi connectivity index (χ3v) is 3.10. The van der Waals surface area contributed by atoms with Crippen LogP contribution < -0.4 is 0 Å². The van der Waals surface area contributed by atoms with Crippen molar-refractivity contribution in [1.29, 1.82) is 0 Å². The van der Waals surface area contributed by atoms with Crippen molar-refractivity contribution >= 4 is 0 Å². The van der Waals surface area contributed by atoms with E-state index in [-0.39, 0.29) is 6.61 Å². The van der Waals surface area contributed by atoms with Gasteiger partial charge in [-0.2, -0.15) is 0 Å². The van der Waals surface area contributed by atoms with Crippen molar-refractivity contribution in [3.8, 4) is 0 Å². The van der Waals surface area contributed by atoms with Crippen LogP contribution in [0.1, 0.15) is 26.2 Å². The molecule has 1 N–H and O–H groups in total. The second kappa shape index (κ2) is 6.38. The van der Waals surface area contributed by atoms with Crippen molar-refractivity contribution in [2.24, 2.45) is 0 Å². The van der Waals surface area contributed by atoms with E-state index >= 15 is 0 Å². The largest absolute Gasteiger partial charge is 0.395 e. The smallest absolute Gasteiger partial charge is 0.0558 e. The summed E-state index contributed by atoms with van der Waals surface area (Å²) < 4.78 is 0. The molecule has 1 unspecified atom stereocenters. The van der Waals surface area contributed by atoms with Gasteiger partial charge in [0.15, 0.2) is 0 Å². The number of likely N-dealkylation sites (tertiary alicyclic amines) is 1. The Morgan fingerprint density at radius 2 is 2.29 bits per heavy atom. The molecule has 1 aliphatic rings. The van der Waals surface area contributed by atoms with Crippen LogP contribution in [0.2, 0.25) is 0 Å². The van der Waals surface area contributed by atoms with Crippen molar-refractivity contribution in [3.63, 3.8) is 0 Å². The minimum absolute atomic E-state index is 0.279. The molecule has 0 aromatic heterocycles. The zero-order valence-electron chi connectivity index (χ0n) is 9.58. The number of hydrogen-bond donors (Lipinski definition) is 1. The molecule has 1 atom stereocenters. The van der Waals surface area contributed by atoms with Gasteiger partial charge in [-0.25, -0.2) is 0 Å². The summed E-state index contributed by atoms with van der Waals surface area (Å²) in [5, 5.41) is 8.88. The van der Waals surface area contributed by atoms with Crippen LogP contribution in [0, 0.1) is 0 Å². The Labute approximate surface area is 87.7 Å². The van der Waals surface area contributed by atoms with Gasteiger partial charge in [-0.1, -0.05) is 6.92 Å². The van der Waals surface area contributed by atoms with E-state index in [1.54, 1.807) is 0 Å². The van der Waals surface area contributed by atoms with Gasteiger partial charge in [-0.3, -0.25) is 4.90 Å². The third kappa shape index (κ3) is 3.56. The van der Waals surface area contributed by atoms with E-state index < -0.39 is 0 Å². The van der Waals surface area contributed by atoms with Gasteiger partial charge in [0.1, 0.15) is 0 Å². The highest BCUT2D eigenvalue weighted by atomic mass is 16.3. The second-order valence-corrected chi connectivity index (χ2v) is 4.30. The Hall–Kier alpha value is -0.120. The molecule has 1 fully saturated rings. The molecule has 1 aliphatic heterocycles. The average molecular weight is 200 g/mol. The molecular weight excluding hydrogens is 176 g/mol. The summed E-state index contributed by atoms with van der Waals surface area (Å²) in [5.41, 5.74) is 0. The summed E-state index contributed by atoms with van der Waals surface area (Å²) in [6.45, 7) is 7.00. The Bertz CT molecular complexity index is 146. The van der Waals surface area contributed by atoms with Crippen LogP contribution in [0.5, 0.6) is 0 Å². The molecule has 14 heavy (non-hydrogen) atoms. The predicted octanol–water partition coefficient (Wildman–Crippen LogP) is 0.785. The molecule has 0 aromatic carbocycles. The first-order valence-corrected chi connectivity index (χ1v) is 5.81. The Balaban J connectivity index is 2.31. The lowest BCUT2D eigenvalue weighted by Gasteiger charge is -2.37. The monoisotopic (exact) mass is 200 g/mol. The molecule has 3 heteroatoms. The van der Waals surface area contributed by atoms with E-state index in [2.05, 4.69) is 23.8 Å². The molecule has 0 amide bonds. The maximum absolute atomic E-state index is 8.88. The van der Waals surface area contributed by atoms with E-state index in [0.717, 1.165) is 6.54 Å². The van der Waals surface area contributed by atoms with Gasteiger partial charge in [0.05, 0.1) is 6.61 Å². The fraction of sp³-hybridized carbons (Fsp3) is 1.00. The first-order chi connectivity index (χ1) is 6.77. The zero-order valence-corrected chi connectivity index (χ0v) is 9.58. The highest BCUT2D eigenvalue weighted by molar-refractivity contribution is 4.78. The standard InChI is InChI=1S/C11H24N2O/c1-3-6-13-7-4-5-11(10-13)12(2)8-9-14/h11,14H,3-10H2,1-2H3. The van der Waals surface area contributed by atoms with Gasteiger partial charge in [0.2, 0.25) is 0 Å².